The summed E-state index contributed by atoms with van der Waals surface area (Å²) in [4.78, 5) is 12.0. The largest absolute Gasteiger partial charge is 0.399 e. The van der Waals surface area contributed by atoms with E-state index in [0.717, 1.165) is 0 Å². The molecule has 0 aliphatic carbocycles. The van der Waals surface area contributed by atoms with Crippen molar-refractivity contribution in [2.24, 2.45) is 0 Å². The number of nitrogens with two attached hydrogens (primary N) is 1. The number of halogens is 2. The molecule has 0 fully saturated rings. The van der Waals surface area contributed by atoms with Gasteiger partial charge in [-0.1, -0.05) is 23.2 Å². The second kappa shape index (κ2) is 6.83. The number of nitrogen functional groups attached to an aromatic ring is 1. The topological polar surface area (TPSA) is 75.3 Å². The van der Waals surface area contributed by atoms with E-state index < -0.39 is 0 Å². The first-order valence-electron chi connectivity index (χ1n) is 5.62. The van der Waals surface area contributed by atoms with Crippen LogP contribution in [0.3, 0.4) is 0 Å². The molecule has 0 heterocycles. The second-order valence-corrected chi connectivity index (χ2v) is 4.89. The van der Waals surface area contributed by atoms with Crippen molar-refractivity contribution < 1.29 is 9.90 Å². The molecule has 1 rings (SSSR count). The van der Waals surface area contributed by atoms with E-state index in [9.17, 15) is 4.79 Å². The van der Waals surface area contributed by atoms with Crippen molar-refractivity contribution in [2.75, 3.05) is 12.3 Å². The van der Waals surface area contributed by atoms with Crippen molar-refractivity contribution in [3.63, 3.8) is 0 Å². The summed E-state index contributed by atoms with van der Waals surface area (Å²) in [7, 11) is 0. The van der Waals surface area contributed by atoms with Crippen LogP contribution >= 0.6 is 23.2 Å². The predicted molar refractivity (Wildman–Crippen MR) is 74.1 cm³/mol. The summed E-state index contributed by atoms with van der Waals surface area (Å²) in [5, 5.41) is 11.9. The lowest BCUT2D eigenvalue weighted by atomic mass is 10.1. The summed E-state index contributed by atoms with van der Waals surface area (Å²) in [6.45, 7) is 1.96. The molecule has 6 heteroatoms. The summed E-state index contributed by atoms with van der Waals surface area (Å²) in [5.74, 6) is -0.320. The molecule has 4 N–H and O–H groups in total. The standard InChI is InChI=1S/C12H16Cl2N2O2/c1-7(3-2-4-17)16-12(18)9-5-8(15)6-10(13)11(9)14/h5-7,17H,2-4,15H2,1H3,(H,16,18). The SMILES string of the molecule is CC(CCCO)NC(=O)c1cc(N)cc(Cl)c1Cl. The molecular weight excluding hydrogens is 275 g/mol. The molecule has 18 heavy (non-hydrogen) atoms. The first-order valence-corrected chi connectivity index (χ1v) is 6.37. The molecule has 1 atom stereocenters. The zero-order valence-electron chi connectivity index (χ0n) is 10.0. The van der Waals surface area contributed by atoms with Gasteiger partial charge in [0.15, 0.2) is 0 Å². The van der Waals surface area contributed by atoms with Crippen LogP contribution in [0.15, 0.2) is 12.1 Å². The van der Waals surface area contributed by atoms with Crippen LogP contribution in [0, 0.1) is 0 Å². The van der Waals surface area contributed by atoms with E-state index in [1.165, 1.54) is 12.1 Å². The van der Waals surface area contributed by atoms with Gasteiger partial charge < -0.3 is 16.2 Å². The molecule has 1 aromatic carbocycles. The van der Waals surface area contributed by atoms with E-state index in [1.807, 2.05) is 6.92 Å². The highest BCUT2D eigenvalue weighted by atomic mass is 35.5. The molecule has 0 aliphatic rings. The highest BCUT2D eigenvalue weighted by Gasteiger charge is 2.15. The van der Waals surface area contributed by atoms with Crippen molar-refractivity contribution in [2.45, 2.75) is 25.8 Å². The lowest BCUT2D eigenvalue weighted by Crippen LogP contribution is -2.32. The van der Waals surface area contributed by atoms with Gasteiger partial charge in [0, 0.05) is 18.3 Å². The number of hydrogen-bond donors (Lipinski definition) is 3. The van der Waals surface area contributed by atoms with Gasteiger partial charge in [0.2, 0.25) is 0 Å². The molecule has 1 unspecified atom stereocenters. The lowest BCUT2D eigenvalue weighted by molar-refractivity contribution is 0.0936. The summed E-state index contributed by atoms with van der Waals surface area (Å²) in [6.07, 6.45) is 1.32. The fourth-order valence-electron chi connectivity index (χ4n) is 1.55. The van der Waals surface area contributed by atoms with Crippen LogP contribution < -0.4 is 11.1 Å². The van der Waals surface area contributed by atoms with Gasteiger partial charge in [-0.15, -0.1) is 0 Å². The minimum Gasteiger partial charge on any atom is -0.399 e. The molecule has 100 valence electrons. The van der Waals surface area contributed by atoms with Gasteiger partial charge in [0.1, 0.15) is 0 Å². The molecule has 0 aliphatic heterocycles. The summed E-state index contributed by atoms with van der Waals surface area (Å²) >= 11 is 11.8. The van der Waals surface area contributed by atoms with Crippen molar-refractivity contribution in [3.8, 4) is 0 Å². The Morgan fingerprint density at radius 3 is 2.78 bits per heavy atom. The third kappa shape index (κ3) is 4.05. The fourth-order valence-corrected chi connectivity index (χ4v) is 1.97. The molecule has 0 aromatic heterocycles. The average molecular weight is 291 g/mol. The highest BCUT2D eigenvalue weighted by Crippen LogP contribution is 2.28. The number of aliphatic hydroxyl groups excluding tert-OH is 1. The van der Waals surface area contributed by atoms with Gasteiger partial charge in [0.05, 0.1) is 15.6 Å². The zero-order valence-corrected chi connectivity index (χ0v) is 11.6. The van der Waals surface area contributed by atoms with Crippen LogP contribution in [-0.2, 0) is 0 Å². The molecular formula is C12H16Cl2N2O2. The van der Waals surface area contributed by atoms with Gasteiger partial charge >= 0.3 is 0 Å². The number of amides is 1. The number of aliphatic hydroxyl groups is 1. The first kappa shape index (κ1) is 15.1. The van der Waals surface area contributed by atoms with Crippen molar-refractivity contribution >= 4 is 34.8 Å². The van der Waals surface area contributed by atoms with Crippen LogP contribution in [0.4, 0.5) is 5.69 Å². The van der Waals surface area contributed by atoms with Crippen molar-refractivity contribution in [3.05, 3.63) is 27.7 Å². The van der Waals surface area contributed by atoms with Gasteiger partial charge in [0.25, 0.3) is 5.91 Å². The van der Waals surface area contributed by atoms with Gasteiger partial charge in [-0.3, -0.25) is 4.79 Å². The Hall–Kier alpha value is -0.970. The van der Waals surface area contributed by atoms with Crippen LogP contribution in [0.2, 0.25) is 10.0 Å². The number of benzene rings is 1. The highest BCUT2D eigenvalue weighted by molar-refractivity contribution is 6.44. The third-order valence-corrected chi connectivity index (χ3v) is 3.27. The van der Waals surface area contributed by atoms with Crippen molar-refractivity contribution in [1.29, 1.82) is 0 Å². The van der Waals surface area contributed by atoms with Gasteiger partial charge in [-0.05, 0) is 31.9 Å². The summed E-state index contributed by atoms with van der Waals surface area (Å²) in [6, 6.07) is 2.93. The molecule has 1 amide bonds. The maximum absolute atomic E-state index is 12.0. The molecule has 0 spiro atoms. The van der Waals surface area contributed by atoms with E-state index in [0.29, 0.717) is 18.5 Å². The maximum atomic E-state index is 12.0. The smallest absolute Gasteiger partial charge is 0.253 e. The third-order valence-electron chi connectivity index (χ3n) is 2.47. The lowest BCUT2D eigenvalue weighted by Gasteiger charge is -2.14. The van der Waals surface area contributed by atoms with E-state index >= 15 is 0 Å². The minimum absolute atomic E-state index is 0.0547. The Morgan fingerprint density at radius 2 is 2.17 bits per heavy atom. The Labute approximate surface area is 116 Å². The maximum Gasteiger partial charge on any atom is 0.253 e. The van der Waals surface area contributed by atoms with Gasteiger partial charge in [-0.2, -0.15) is 0 Å². The van der Waals surface area contributed by atoms with Gasteiger partial charge in [-0.25, -0.2) is 0 Å². The second-order valence-electron chi connectivity index (χ2n) is 4.10. The minimum atomic E-state index is -0.320. The van der Waals surface area contributed by atoms with Crippen LogP contribution in [0.25, 0.3) is 0 Å². The van der Waals surface area contributed by atoms with E-state index in [-0.39, 0.29) is 34.2 Å². The molecule has 0 saturated heterocycles. The Balaban J connectivity index is 2.78. The predicted octanol–water partition coefficient (Wildman–Crippen LogP) is 2.47. The number of rotatable bonds is 5. The molecule has 0 bridgehead atoms. The number of nitrogens with one attached hydrogen (secondary N) is 1. The number of carbonyl (C=O) groups excluding carboxylic acids is 1. The normalized spacial score (nSPS) is 12.2. The van der Waals surface area contributed by atoms with Crippen LogP contribution in [0.1, 0.15) is 30.1 Å². The molecule has 0 radical (unpaired) electrons. The summed E-state index contributed by atoms with van der Waals surface area (Å²) in [5.41, 5.74) is 6.27. The fraction of sp³-hybridized carbons (Fsp3) is 0.417. The average Bonchev–Trinajstić information content (AvgIpc) is 2.30. The molecule has 4 nitrogen and oxygen atoms in total. The van der Waals surface area contributed by atoms with E-state index in [1.54, 1.807) is 0 Å². The monoisotopic (exact) mass is 290 g/mol. The first-order chi connectivity index (χ1) is 8.45. The Kier molecular flexibility index (Phi) is 5.72. The Morgan fingerprint density at radius 1 is 1.50 bits per heavy atom. The quantitative estimate of drug-likeness (QED) is 0.729. The molecule has 0 saturated carbocycles. The van der Waals surface area contributed by atoms with E-state index in [2.05, 4.69) is 5.32 Å². The molecule has 1 aromatic rings. The van der Waals surface area contributed by atoms with Crippen molar-refractivity contribution in [1.82, 2.24) is 5.32 Å². The number of hydrogen-bond acceptors (Lipinski definition) is 3. The summed E-state index contributed by atoms with van der Waals surface area (Å²) < 4.78 is 0. The van der Waals surface area contributed by atoms with Crippen LogP contribution in [-0.4, -0.2) is 23.7 Å². The Bertz CT molecular complexity index is 438. The van der Waals surface area contributed by atoms with E-state index in [4.69, 9.17) is 34.0 Å². The zero-order chi connectivity index (χ0) is 13.7. The van der Waals surface area contributed by atoms with Crippen LogP contribution in [0.5, 0.6) is 0 Å². The number of carbonyl (C=O) groups is 1. The number of anilines is 1.